The first-order chi connectivity index (χ1) is 9.43. The number of halogens is 1. The van der Waals surface area contributed by atoms with Crippen LogP contribution < -0.4 is 5.32 Å². The van der Waals surface area contributed by atoms with Gasteiger partial charge in [0.15, 0.2) is 0 Å². The molecule has 0 saturated heterocycles. The van der Waals surface area contributed by atoms with E-state index in [-0.39, 0.29) is 24.0 Å². The van der Waals surface area contributed by atoms with E-state index in [0.717, 1.165) is 4.90 Å². The van der Waals surface area contributed by atoms with Gasteiger partial charge in [-0.2, -0.15) is 0 Å². The fourth-order valence-electron chi connectivity index (χ4n) is 1.43. The molecule has 0 bridgehead atoms. The van der Waals surface area contributed by atoms with E-state index in [1.807, 2.05) is 0 Å². The van der Waals surface area contributed by atoms with Gasteiger partial charge in [0.05, 0.1) is 11.4 Å². The lowest BCUT2D eigenvalue weighted by atomic mass is 10.0. The largest absolute Gasteiger partial charge is 0.388 e. The summed E-state index contributed by atoms with van der Waals surface area (Å²) < 4.78 is 17.6. The van der Waals surface area contributed by atoms with Gasteiger partial charge in [-0.05, 0) is 31.2 Å². The second-order valence-corrected chi connectivity index (χ2v) is 5.81. The number of ether oxygens (including phenoxy) is 1. The highest BCUT2D eigenvalue weighted by atomic mass is 32.2. The van der Waals surface area contributed by atoms with Gasteiger partial charge in [-0.1, -0.05) is 0 Å². The zero-order chi connectivity index (χ0) is 15.0. The first-order valence-corrected chi connectivity index (χ1v) is 7.28. The quantitative estimate of drug-likeness (QED) is 0.719. The molecule has 1 aromatic carbocycles. The van der Waals surface area contributed by atoms with Crippen LogP contribution in [0.3, 0.4) is 0 Å². The van der Waals surface area contributed by atoms with E-state index in [1.54, 1.807) is 26.2 Å². The normalized spacial score (nSPS) is 13.8. The summed E-state index contributed by atoms with van der Waals surface area (Å²) in [7, 11) is 1.56. The van der Waals surface area contributed by atoms with E-state index in [4.69, 9.17) is 4.74 Å². The zero-order valence-electron chi connectivity index (χ0n) is 11.7. The number of carbonyl (C=O) groups excluding carboxylic acids is 1. The summed E-state index contributed by atoms with van der Waals surface area (Å²) in [5.74, 6) is -0.239. The highest BCUT2D eigenvalue weighted by molar-refractivity contribution is 8.00. The van der Waals surface area contributed by atoms with E-state index in [9.17, 15) is 14.3 Å². The molecule has 0 spiro atoms. The fourth-order valence-corrected chi connectivity index (χ4v) is 2.16. The standard InChI is InChI=1S/C14H20FNO3S/c1-14(18,7-8-19-2)10-16-13(17)9-20-12-5-3-11(15)4-6-12/h3-6,18H,7-10H2,1-2H3,(H,16,17). The van der Waals surface area contributed by atoms with Gasteiger partial charge in [-0.15, -0.1) is 11.8 Å². The highest BCUT2D eigenvalue weighted by Crippen LogP contribution is 2.17. The monoisotopic (exact) mass is 301 g/mol. The number of hydrogen-bond acceptors (Lipinski definition) is 4. The molecular formula is C14H20FNO3S. The van der Waals surface area contributed by atoms with Gasteiger partial charge >= 0.3 is 0 Å². The molecule has 0 fully saturated rings. The zero-order valence-corrected chi connectivity index (χ0v) is 12.5. The van der Waals surface area contributed by atoms with Crippen molar-refractivity contribution in [3.8, 4) is 0 Å². The van der Waals surface area contributed by atoms with Crippen molar-refractivity contribution in [2.24, 2.45) is 0 Å². The minimum absolute atomic E-state index is 0.169. The highest BCUT2D eigenvalue weighted by Gasteiger charge is 2.20. The summed E-state index contributed by atoms with van der Waals surface area (Å²) in [6.45, 7) is 2.27. The Kier molecular flexibility index (Phi) is 6.98. The van der Waals surface area contributed by atoms with Crippen LogP contribution in [0.25, 0.3) is 0 Å². The SMILES string of the molecule is COCCC(C)(O)CNC(=O)CSc1ccc(F)cc1. The summed E-state index contributed by atoms with van der Waals surface area (Å²) in [5, 5.41) is 12.6. The van der Waals surface area contributed by atoms with Crippen LogP contribution in [-0.4, -0.2) is 42.6 Å². The van der Waals surface area contributed by atoms with Crippen LogP contribution in [0.1, 0.15) is 13.3 Å². The number of thioether (sulfide) groups is 1. The smallest absolute Gasteiger partial charge is 0.230 e. The van der Waals surface area contributed by atoms with Gasteiger partial charge in [-0.25, -0.2) is 4.39 Å². The third-order valence-corrected chi connectivity index (χ3v) is 3.71. The molecule has 0 aliphatic heterocycles. The van der Waals surface area contributed by atoms with Crippen molar-refractivity contribution in [2.75, 3.05) is 26.0 Å². The minimum atomic E-state index is -0.980. The molecule has 2 N–H and O–H groups in total. The number of nitrogens with one attached hydrogen (secondary N) is 1. The molecular weight excluding hydrogens is 281 g/mol. The Morgan fingerprint density at radius 3 is 2.70 bits per heavy atom. The molecule has 20 heavy (non-hydrogen) atoms. The van der Waals surface area contributed by atoms with E-state index >= 15 is 0 Å². The molecule has 0 saturated carbocycles. The van der Waals surface area contributed by atoms with Crippen molar-refractivity contribution in [3.63, 3.8) is 0 Å². The van der Waals surface area contributed by atoms with Crippen LogP contribution in [-0.2, 0) is 9.53 Å². The Morgan fingerprint density at radius 1 is 1.45 bits per heavy atom. The lowest BCUT2D eigenvalue weighted by Gasteiger charge is -2.23. The molecule has 1 unspecified atom stereocenters. The molecule has 1 rings (SSSR count). The van der Waals surface area contributed by atoms with Gasteiger partial charge < -0.3 is 15.2 Å². The average Bonchev–Trinajstić information content (AvgIpc) is 2.42. The summed E-state index contributed by atoms with van der Waals surface area (Å²) in [6, 6.07) is 5.97. The second kappa shape index (κ2) is 8.24. The van der Waals surface area contributed by atoms with E-state index < -0.39 is 5.60 Å². The summed E-state index contributed by atoms with van der Waals surface area (Å²) in [5.41, 5.74) is -0.980. The van der Waals surface area contributed by atoms with Crippen LogP contribution in [0.4, 0.5) is 4.39 Å². The van der Waals surface area contributed by atoms with Crippen LogP contribution in [0.5, 0.6) is 0 Å². The average molecular weight is 301 g/mol. The third-order valence-electron chi connectivity index (χ3n) is 2.69. The number of aliphatic hydroxyl groups is 1. The molecule has 112 valence electrons. The maximum absolute atomic E-state index is 12.7. The molecule has 1 atom stereocenters. The molecule has 6 heteroatoms. The second-order valence-electron chi connectivity index (χ2n) is 4.76. The van der Waals surface area contributed by atoms with Gasteiger partial charge in [0, 0.05) is 31.6 Å². The van der Waals surface area contributed by atoms with Gasteiger partial charge in [0.1, 0.15) is 5.82 Å². The molecule has 1 amide bonds. The third kappa shape index (κ3) is 6.88. The van der Waals surface area contributed by atoms with E-state index in [0.29, 0.717) is 13.0 Å². The topological polar surface area (TPSA) is 58.6 Å². The Morgan fingerprint density at radius 2 is 2.10 bits per heavy atom. The molecule has 0 heterocycles. The number of benzene rings is 1. The van der Waals surface area contributed by atoms with Crippen molar-refractivity contribution >= 4 is 17.7 Å². The fraction of sp³-hybridized carbons (Fsp3) is 0.500. The first kappa shape index (κ1) is 16.9. The van der Waals surface area contributed by atoms with Crippen LogP contribution in [0.15, 0.2) is 29.2 Å². The Bertz CT molecular complexity index is 423. The predicted molar refractivity (Wildman–Crippen MR) is 77.3 cm³/mol. The van der Waals surface area contributed by atoms with Gasteiger partial charge in [0.2, 0.25) is 5.91 Å². The molecule has 0 aromatic heterocycles. The number of rotatable bonds is 8. The Hall–Kier alpha value is -1.11. The summed E-state index contributed by atoms with van der Waals surface area (Å²) >= 11 is 1.32. The number of hydrogen-bond donors (Lipinski definition) is 2. The Labute approximate surface area is 122 Å². The molecule has 0 radical (unpaired) electrons. The van der Waals surface area contributed by atoms with Crippen LogP contribution in [0, 0.1) is 5.82 Å². The molecule has 0 aliphatic rings. The number of carbonyl (C=O) groups is 1. The van der Waals surface area contributed by atoms with E-state index in [2.05, 4.69) is 5.32 Å². The van der Waals surface area contributed by atoms with Gasteiger partial charge in [-0.3, -0.25) is 4.79 Å². The number of amides is 1. The molecule has 4 nitrogen and oxygen atoms in total. The van der Waals surface area contributed by atoms with Crippen LogP contribution in [0.2, 0.25) is 0 Å². The number of methoxy groups -OCH3 is 1. The molecule has 0 aliphatic carbocycles. The van der Waals surface area contributed by atoms with Crippen molar-refractivity contribution < 1.29 is 19.0 Å². The summed E-state index contributed by atoms with van der Waals surface area (Å²) in [6.07, 6.45) is 0.453. The maximum atomic E-state index is 12.7. The van der Waals surface area contributed by atoms with Crippen molar-refractivity contribution in [1.82, 2.24) is 5.32 Å². The summed E-state index contributed by atoms with van der Waals surface area (Å²) in [4.78, 5) is 12.5. The van der Waals surface area contributed by atoms with E-state index in [1.165, 1.54) is 23.9 Å². The lowest BCUT2D eigenvalue weighted by Crippen LogP contribution is -2.41. The predicted octanol–water partition coefficient (Wildman–Crippen LogP) is 1.82. The molecule has 1 aromatic rings. The van der Waals surface area contributed by atoms with Crippen molar-refractivity contribution in [1.29, 1.82) is 0 Å². The first-order valence-electron chi connectivity index (χ1n) is 6.29. The lowest BCUT2D eigenvalue weighted by molar-refractivity contribution is -0.119. The Balaban J connectivity index is 2.28. The minimum Gasteiger partial charge on any atom is -0.388 e. The van der Waals surface area contributed by atoms with Gasteiger partial charge in [0.25, 0.3) is 0 Å². The maximum Gasteiger partial charge on any atom is 0.230 e. The van der Waals surface area contributed by atoms with Crippen molar-refractivity contribution in [2.45, 2.75) is 23.8 Å². The van der Waals surface area contributed by atoms with Crippen molar-refractivity contribution in [3.05, 3.63) is 30.1 Å². The van der Waals surface area contributed by atoms with Crippen LogP contribution >= 0.6 is 11.8 Å².